The maximum atomic E-state index is 13.5. The lowest BCUT2D eigenvalue weighted by molar-refractivity contribution is -0.116. The lowest BCUT2D eigenvalue weighted by Crippen LogP contribution is -2.35. The fraction of sp³-hybridized carbons (Fsp3) is 0.207. The van der Waals surface area contributed by atoms with Crippen molar-refractivity contribution >= 4 is 17.5 Å². The number of benzene rings is 3. The van der Waals surface area contributed by atoms with E-state index in [1.807, 2.05) is 86.6 Å². The van der Waals surface area contributed by atoms with Crippen molar-refractivity contribution in [3.05, 3.63) is 101 Å². The highest BCUT2D eigenvalue weighted by molar-refractivity contribution is 6.02. The molecule has 0 radical (unpaired) electrons. The second kappa shape index (κ2) is 10.9. The smallest absolute Gasteiger partial charge is 0.257 e. The number of anilines is 1. The molecule has 0 spiro atoms. The lowest BCUT2D eigenvalue weighted by atomic mass is 10.1. The van der Waals surface area contributed by atoms with Crippen molar-refractivity contribution < 1.29 is 14.3 Å². The molecule has 36 heavy (non-hydrogen) atoms. The molecule has 1 heterocycles. The minimum atomic E-state index is -0.281. The highest BCUT2D eigenvalue weighted by Gasteiger charge is 2.23. The predicted octanol–water partition coefficient (Wildman–Crippen LogP) is 4.93. The van der Waals surface area contributed by atoms with E-state index < -0.39 is 0 Å². The normalized spacial score (nSPS) is 10.7. The van der Waals surface area contributed by atoms with Crippen LogP contribution in [0.2, 0.25) is 0 Å². The SMILES string of the molecule is COc1ccc(-c2nn(Cc3ccccc3)cc2C(=O)N(C)CC(=O)Nc2cccc(C)c2C)cc1. The standard InChI is InChI=1S/C29H30N4O3/c1-20-9-8-12-26(21(20)2)30-27(34)19-32(3)29(35)25-18-33(17-22-10-6-5-7-11-22)31-28(25)23-13-15-24(36-4)16-14-23/h5-16,18H,17,19H2,1-4H3,(H,30,34). The van der Waals surface area contributed by atoms with Crippen LogP contribution in [0.25, 0.3) is 11.3 Å². The molecule has 7 nitrogen and oxygen atoms in total. The third-order valence-electron chi connectivity index (χ3n) is 6.15. The summed E-state index contributed by atoms with van der Waals surface area (Å²) in [6.45, 7) is 4.39. The van der Waals surface area contributed by atoms with E-state index in [1.165, 1.54) is 4.90 Å². The summed E-state index contributed by atoms with van der Waals surface area (Å²) in [5, 5.41) is 7.65. The number of nitrogens with one attached hydrogen (secondary N) is 1. The molecular weight excluding hydrogens is 452 g/mol. The Hall–Kier alpha value is -4.39. The van der Waals surface area contributed by atoms with E-state index in [9.17, 15) is 9.59 Å². The van der Waals surface area contributed by atoms with Gasteiger partial charge in [-0.2, -0.15) is 5.10 Å². The van der Waals surface area contributed by atoms with Gasteiger partial charge < -0.3 is 15.0 Å². The molecule has 184 valence electrons. The van der Waals surface area contributed by atoms with Crippen LogP contribution >= 0.6 is 0 Å². The molecule has 0 saturated heterocycles. The molecule has 4 rings (SSSR count). The molecule has 1 N–H and O–H groups in total. The van der Waals surface area contributed by atoms with E-state index >= 15 is 0 Å². The van der Waals surface area contributed by atoms with Gasteiger partial charge in [0.05, 0.1) is 25.8 Å². The molecular formula is C29H30N4O3. The zero-order chi connectivity index (χ0) is 25.7. The quantitative estimate of drug-likeness (QED) is 0.386. The van der Waals surface area contributed by atoms with Gasteiger partial charge in [-0.25, -0.2) is 0 Å². The van der Waals surface area contributed by atoms with Crippen molar-refractivity contribution in [2.75, 3.05) is 26.0 Å². The third-order valence-corrected chi connectivity index (χ3v) is 6.15. The maximum absolute atomic E-state index is 13.5. The number of likely N-dealkylation sites (N-methyl/N-ethyl adjacent to an activating group) is 1. The number of aromatic nitrogens is 2. The minimum absolute atomic E-state index is 0.0852. The summed E-state index contributed by atoms with van der Waals surface area (Å²) in [5.74, 6) is 0.175. The average Bonchev–Trinajstić information content (AvgIpc) is 3.30. The van der Waals surface area contributed by atoms with Gasteiger partial charge in [0.15, 0.2) is 0 Å². The molecule has 0 saturated carbocycles. The number of carbonyl (C=O) groups excluding carboxylic acids is 2. The summed E-state index contributed by atoms with van der Waals surface area (Å²) in [5.41, 5.74) is 5.69. The third kappa shape index (κ3) is 5.63. The van der Waals surface area contributed by atoms with Gasteiger partial charge in [-0.15, -0.1) is 0 Å². The number of hydrogen-bond donors (Lipinski definition) is 1. The largest absolute Gasteiger partial charge is 0.497 e. The summed E-state index contributed by atoms with van der Waals surface area (Å²) >= 11 is 0. The van der Waals surface area contributed by atoms with Crippen LogP contribution in [0, 0.1) is 13.8 Å². The molecule has 0 bridgehead atoms. The second-order valence-electron chi connectivity index (χ2n) is 8.76. The molecule has 7 heteroatoms. The van der Waals surface area contributed by atoms with E-state index in [1.54, 1.807) is 25.0 Å². The Morgan fingerprint density at radius 2 is 1.69 bits per heavy atom. The van der Waals surface area contributed by atoms with Crippen LogP contribution in [-0.4, -0.2) is 47.2 Å². The second-order valence-corrected chi connectivity index (χ2v) is 8.76. The summed E-state index contributed by atoms with van der Waals surface area (Å²) in [6.07, 6.45) is 1.74. The van der Waals surface area contributed by atoms with Gasteiger partial charge in [-0.3, -0.25) is 14.3 Å². The first kappa shape index (κ1) is 24.7. The van der Waals surface area contributed by atoms with Gasteiger partial charge in [0.1, 0.15) is 11.4 Å². The van der Waals surface area contributed by atoms with Gasteiger partial charge in [-0.05, 0) is 60.9 Å². The molecule has 3 aromatic carbocycles. The Kier molecular flexibility index (Phi) is 7.49. The first-order chi connectivity index (χ1) is 17.4. The lowest BCUT2D eigenvalue weighted by Gasteiger charge is -2.18. The number of hydrogen-bond acceptors (Lipinski definition) is 4. The topological polar surface area (TPSA) is 76.5 Å². The van der Waals surface area contributed by atoms with Crippen molar-refractivity contribution in [2.45, 2.75) is 20.4 Å². The van der Waals surface area contributed by atoms with Crippen molar-refractivity contribution in [3.63, 3.8) is 0 Å². The number of rotatable bonds is 8. The van der Waals surface area contributed by atoms with E-state index in [2.05, 4.69) is 5.32 Å². The molecule has 4 aromatic rings. The molecule has 0 fully saturated rings. The van der Waals surface area contributed by atoms with Crippen molar-refractivity contribution in [2.24, 2.45) is 0 Å². The number of amides is 2. The first-order valence-corrected chi connectivity index (χ1v) is 11.7. The summed E-state index contributed by atoms with van der Waals surface area (Å²) in [4.78, 5) is 27.7. The zero-order valence-corrected chi connectivity index (χ0v) is 21.0. The van der Waals surface area contributed by atoms with Crippen molar-refractivity contribution in [1.82, 2.24) is 14.7 Å². The van der Waals surface area contributed by atoms with Gasteiger partial charge in [0, 0.05) is 24.5 Å². The highest BCUT2D eigenvalue weighted by Crippen LogP contribution is 2.26. The van der Waals surface area contributed by atoms with Crippen LogP contribution < -0.4 is 10.1 Å². The van der Waals surface area contributed by atoms with Gasteiger partial charge >= 0.3 is 0 Å². The van der Waals surface area contributed by atoms with Crippen LogP contribution in [0.5, 0.6) is 5.75 Å². The molecule has 0 unspecified atom stereocenters. The van der Waals surface area contributed by atoms with Crippen LogP contribution in [0.15, 0.2) is 79.0 Å². The number of carbonyl (C=O) groups is 2. The Balaban J connectivity index is 1.58. The van der Waals surface area contributed by atoms with E-state index in [0.29, 0.717) is 17.8 Å². The Morgan fingerprint density at radius 1 is 0.972 bits per heavy atom. The number of aryl methyl sites for hydroxylation is 1. The molecule has 0 aliphatic rings. The molecule has 0 aliphatic carbocycles. The fourth-order valence-corrected chi connectivity index (χ4v) is 3.96. The highest BCUT2D eigenvalue weighted by atomic mass is 16.5. The monoisotopic (exact) mass is 482 g/mol. The van der Waals surface area contributed by atoms with Crippen LogP contribution in [0.1, 0.15) is 27.0 Å². The summed E-state index contributed by atoms with van der Waals surface area (Å²) < 4.78 is 7.02. The van der Waals surface area contributed by atoms with Gasteiger partial charge in [0.2, 0.25) is 5.91 Å². The van der Waals surface area contributed by atoms with Gasteiger partial charge in [0.25, 0.3) is 5.91 Å². The van der Waals surface area contributed by atoms with E-state index in [0.717, 1.165) is 33.7 Å². The van der Waals surface area contributed by atoms with E-state index in [4.69, 9.17) is 9.84 Å². The Labute approximate surface area is 211 Å². The van der Waals surface area contributed by atoms with Crippen molar-refractivity contribution in [1.29, 1.82) is 0 Å². The van der Waals surface area contributed by atoms with Crippen LogP contribution in [-0.2, 0) is 11.3 Å². The fourth-order valence-electron chi connectivity index (χ4n) is 3.96. The Bertz CT molecular complexity index is 1360. The number of methoxy groups -OCH3 is 1. The Morgan fingerprint density at radius 3 is 2.39 bits per heavy atom. The predicted molar refractivity (Wildman–Crippen MR) is 141 cm³/mol. The van der Waals surface area contributed by atoms with E-state index in [-0.39, 0.29) is 18.4 Å². The van der Waals surface area contributed by atoms with Crippen molar-refractivity contribution in [3.8, 4) is 17.0 Å². The molecule has 2 amide bonds. The maximum Gasteiger partial charge on any atom is 0.257 e. The minimum Gasteiger partial charge on any atom is -0.497 e. The molecule has 0 aliphatic heterocycles. The average molecular weight is 483 g/mol. The van der Waals surface area contributed by atoms with Crippen LogP contribution in [0.3, 0.4) is 0 Å². The summed E-state index contributed by atoms with van der Waals surface area (Å²) in [6, 6.07) is 23.1. The summed E-state index contributed by atoms with van der Waals surface area (Å²) in [7, 11) is 3.23. The molecule has 0 atom stereocenters. The number of nitrogens with zero attached hydrogens (tertiary/aromatic N) is 3. The zero-order valence-electron chi connectivity index (χ0n) is 21.0. The van der Waals surface area contributed by atoms with Gasteiger partial charge in [-0.1, -0.05) is 42.5 Å². The number of ether oxygens (including phenoxy) is 1. The first-order valence-electron chi connectivity index (χ1n) is 11.7. The van der Waals surface area contributed by atoms with Crippen LogP contribution in [0.4, 0.5) is 5.69 Å². The molecule has 1 aromatic heterocycles.